The predicted molar refractivity (Wildman–Crippen MR) is 151 cm³/mol. The van der Waals surface area contributed by atoms with Gasteiger partial charge in [-0.15, -0.1) is 0 Å². The highest BCUT2D eigenvalue weighted by molar-refractivity contribution is 14.1. The van der Waals surface area contributed by atoms with Gasteiger partial charge in [0, 0.05) is 66.0 Å². The minimum absolute atomic E-state index is 0.0134. The van der Waals surface area contributed by atoms with Crippen LogP contribution in [-0.2, 0) is 44.8 Å². The van der Waals surface area contributed by atoms with Crippen LogP contribution in [0.4, 0.5) is 8.78 Å². The Kier molecular flexibility index (Phi) is 14.6. The van der Waals surface area contributed by atoms with Crippen LogP contribution >= 0.6 is 45.2 Å². The predicted octanol–water partition coefficient (Wildman–Crippen LogP) is 6.07. The Labute approximate surface area is 243 Å². The van der Waals surface area contributed by atoms with Gasteiger partial charge in [0.15, 0.2) is 11.6 Å². The number of carbonyl (C=O) groups is 2. The molecule has 2 aromatic carbocycles. The molecule has 0 aliphatic rings. The third-order valence-corrected chi connectivity index (χ3v) is 7.03. The van der Waals surface area contributed by atoms with E-state index in [0.29, 0.717) is 5.56 Å². The summed E-state index contributed by atoms with van der Waals surface area (Å²) in [5.74, 6) is -3.73. The second-order valence-electron chi connectivity index (χ2n) is 7.85. The summed E-state index contributed by atoms with van der Waals surface area (Å²) in [7, 11) is 7.03. The summed E-state index contributed by atoms with van der Waals surface area (Å²) < 4.78 is 55.5. The number of esters is 1. The van der Waals surface area contributed by atoms with E-state index in [1.54, 1.807) is 24.3 Å². The lowest BCUT2D eigenvalue weighted by Crippen LogP contribution is -2.33. The zero-order valence-electron chi connectivity index (χ0n) is 21.7. The Morgan fingerprint density at radius 1 is 0.730 bits per heavy atom. The summed E-state index contributed by atoms with van der Waals surface area (Å²) in [6, 6.07) is 9.35. The monoisotopic (exact) mass is 748 g/mol. The van der Waals surface area contributed by atoms with Crippen LogP contribution in [0.25, 0.3) is 0 Å². The number of halogens is 4. The smallest absolute Gasteiger partial charge is 0.305 e. The Morgan fingerprint density at radius 2 is 1.11 bits per heavy atom. The highest BCUT2D eigenvalue weighted by Gasteiger charge is 2.36. The fourth-order valence-electron chi connectivity index (χ4n) is 3.57. The van der Waals surface area contributed by atoms with Crippen LogP contribution in [0.3, 0.4) is 0 Å². The van der Waals surface area contributed by atoms with Crippen LogP contribution in [-0.4, -0.2) is 47.3 Å². The molecular weight excluding hydrogens is 716 g/mol. The van der Waals surface area contributed by atoms with Gasteiger partial charge in [-0.05, 0) is 88.5 Å². The normalized spacial score (nSPS) is 11.5. The third kappa shape index (κ3) is 9.46. The number of methoxy groups -OCH3 is 5. The van der Waals surface area contributed by atoms with Crippen molar-refractivity contribution in [2.24, 2.45) is 0 Å². The van der Waals surface area contributed by atoms with E-state index in [-0.39, 0.29) is 37.0 Å². The van der Waals surface area contributed by atoms with Gasteiger partial charge in [0.2, 0.25) is 0 Å². The number of Topliss-reactive ketones (excluding diaryl/α,β-unsaturated/α-hetero) is 1. The van der Waals surface area contributed by atoms with Gasteiger partial charge >= 0.3 is 5.97 Å². The lowest BCUT2D eigenvalue weighted by Gasteiger charge is -2.31. The summed E-state index contributed by atoms with van der Waals surface area (Å²) in [4.78, 5) is 22.3. The first kappa shape index (κ1) is 33.8. The molecule has 0 unspecified atom stereocenters. The standard InChI is InChI=1S/C13H16FIO4.C13H16FIO3/c1-17-12(16)6-7-13(18-2,19-3)10-8-9(15)4-5-11(10)14;1-9(16)6-7-13(17-2,18-3)11-8-10(15)4-5-12(11)14/h4-5,8H,6-7H2,1-3H3;4-5,8H,6-7H2,1-3H3. The molecule has 0 amide bonds. The number of hydrogen-bond acceptors (Lipinski definition) is 7. The first-order chi connectivity index (χ1) is 17.4. The molecule has 7 nitrogen and oxygen atoms in total. The zero-order chi connectivity index (χ0) is 28.2. The van der Waals surface area contributed by atoms with Gasteiger partial charge in [-0.25, -0.2) is 8.78 Å². The van der Waals surface area contributed by atoms with Crippen LogP contribution in [0.15, 0.2) is 36.4 Å². The van der Waals surface area contributed by atoms with E-state index in [1.807, 2.05) is 0 Å². The van der Waals surface area contributed by atoms with E-state index in [9.17, 15) is 18.4 Å². The van der Waals surface area contributed by atoms with Crippen LogP contribution < -0.4 is 0 Å². The molecule has 0 N–H and O–H groups in total. The Morgan fingerprint density at radius 3 is 1.43 bits per heavy atom. The fourth-order valence-corrected chi connectivity index (χ4v) is 4.55. The number of ether oxygens (including phenoxy) is 5. The van der Waals surface area contributed by atoms with Gasteiger partial charge in [0.25, 0.3) is 0 Å². The second-order valence-corrected chi connectivity index (χ2v) is 10.3. The first-order valence-electron chi connectivity index (χ1n) is 11.1. The number of ketones is 1. The molecule has 0 aromatic heterocycles. The Balaban J connectivity index is 0.000000371. The van der Waals surface area contributed by atoms with Crippen LogP contribution in [0.1, 0.15) is 43.7 Å². The van der Waals surface area contributed by atoms with E-state index in [1.165, 1.54) is 54.6 Å². The van der Waals surface area contributed by atoms with Gasteiger partial charge in [0.1, 0.15) is 17.4 Å². The van der Waals surface area contributed by atoms with Crippen molar-refractivity contribution in [3.05, 3.63) is 66.3 Å². The highest BCUT2D eigenvalue weighted by Crippen LogP contribution is 2.35. The van der Waals surface area contributed by atoms with Crippen LogP contribution in [0.2, 0.25) is 0 Å². The maximum absolute atomic E-state index is 14.0. The molecule has 0 spiro atoms. The molecule has 0 atom stereocenters. The van der Waals surface area contributed by atoms with Crippen LogP contribution in [0, 0.1) is 18.8 Å². The molecule has 0 heterocycles. The largest absolute Gasteiger partial charge is 0.469 e. The lowest BCUT2D eigenvalue weighted by molar-refractivity contribution is -0.223. The Hall–Kier alpha value is -1.26. The van der Waals surface area contributed by atoms with Gasteiger partial charge in [0.05, 0.1) is 13.5 Å². The van der Waals surface area contributed by atoms with Crippen molar-refractivity contribution in [3.63, 3.8) is 0 Å². The fraction of sp³-hybridized carbons (Fsp3) is 0.462. The van der Waals surface area contributed by atoms with Crippen molar-refractivity contribution in [2.45, 2.75) is 44.2 Å². The molecule has 0 fully saturated rings. The van der Waals surface area contributed by atoms with Gasteiger partial charge < -0.3 is 28.5 Å². The van der Waals surface area contributed by atoms with E-state index >= 15 is 0 Å². The van der Waals surface area contributed by atoms with E-state index < -0.39 is 29.2 Å². The summed E-state index contributed by atoms with van der Waals surface area (Å²) in [6.07, 6.45) is 0.797. The average molecular weight is 748 g/mol. The quantitative estimate of drug-likeness (QED) is 0.148. The second kappa shape index (κ2) is 16.0. The van der Waals surface area contributed by atoms with Gasteiger partial charge in [-0.1, -0.05) is 0 Å². The Bertz CT molecular complexity index is 1040. The zero-order valence-corrected chi connectivity index (χ0v) is 26.0. The lowest BCUT2D eigenvalue weighted by atomic mass is 9.98. The molecule has 2 rings (SSSR count). The van der Waals surface area contributed by atoms with Crippen molar-refractivity contribution < 1.29 is 42.1 Å². The molecule has 0 radical (unpaired) electrons. The van der Waals surface area contributed by atoms with Crippen molar-refractivity contribution >= 4 is 56.9 Å². The first-order valence-corrected chi connectivity index (χ1v) is 13.3. The molecule has 0 saturated heterocycles. The third-order valence-electron chi connectivity index (χ3n) is 5.69. The molecule has 0 saturated carbocycles. The molecule has 11 heteroatoms. The SMILES string of the molecule is COC(=O)CCC(OC)(OC)c1cc(I)ccc1F.COC(CCC(C)=O)(OC)c1cc(I)ccc1F. The van der Waals surface area contributed by atoms with Crippen molar-refractivity contribution in [1.82, 2.24) is 0 Å². The van der Waals surface area contributed by atoms with Crippen molar-refractivity contribution in [1.29, 1.82) is 0 Å². The van der Waals surface area contributed by atoms with Crippen molar-refractivity contribution in [3.8, 4) is 0 Å². The van der Waals surface area contributed by atoms with E-state index in [4.69, 9.17) is 18.9 Å². The number of hydrogen-bond donors (Lipinski definition) is 0. The van der Waals surface area contributed by atoms with Gasteiger partial charge in [-0.3, -0.25) is 4.79 Å². The molecule has 2 aromatic rings. The number of carbonyl (C=O) groups excluding carboxylic acids is 2. The highest BCUT2D eigenvalue weighted by atomic mass is 127. The molecule has 206 valence electrons. The number of benzene rings is 2. The van der Waals surface area contributed by atoms with E-state index in [0.717, 1.165) is 7.14 Å². The topological polar surface area (TPSA) is 80.3 Å². The maximum atomic E-state index is 14.0. The van der Waals surface area contributed by atoms with Crippen LogP contribution in [0.5, 0.6) is 0 Å². The van der Waals surface area contributed by atoms with Crippen molar-refractivity contribution in [2.75, 3.05) is 35.5 Å². The average Bonchev–Trinajstić information content (AvgIpc) is 2.89. The molecule has 0 aliphatic heterocycles. The van der Waals surface area contributed by atoms with E-state index in [2.05, 4.69) is 49.9 Å². The molecule has 0 bridgehead atoms. The number of rotatable bonds is 12. The summed E-state index contributed by atoms with van der Waals surface area (Å²) in [5, 5.41) is 0. The molecule has 37 heavy (non-hydrogen) atoms. The minimum atomic E-state index is -1.29. The summed E-state index contributed by atoms with van der Waals surface area (Å²) in [5.41, 5.74) is 0.592. The summed E-state index contributed by atoms with van der Waals surface area (Å²) in [6.45, 7) is 1.49. The molecule has 0 aliphatic carbocycles. The summed E-state index contributed by atoms with van der Waals surface area (Å²) >= 11 is 4.17. The van der Waals surface area contributed by atoms with Gasteiger partial charge in [-0.2, -0.15) is 0 Å². The molecular formula is C26H32F2I2O7. The minimum Gasteiger partial charge on any atom is -0.469 e. The maximum Gasteiger partial charge on any atom is 0.305 e.